The summed E-state index contributed by atoms with van der Waals surface area (Å²) < 4.78 is 39.9. The van der Waals surface area contributed by atoms with Crippen molar-refractivity contribution in [3.8, 4) is 0 Å². The predicted octanol–water partition coefficient (Wildman–Crippen LogP) is 2.20. The largest absolute Gasteiger partial charge is 0.411 e. The maximum absolute atomic E-state index is 11.8. The molecule has 1 fully saturated rings. The van der Waals surface area contributed by atoms with Crippen LogP contribution >= 0.6 is 0 Å². The molecule has 2 atom stereocenters. The van der Waals surface area contributed by atoms with E-state index in [1.54, 1.807) is 0 Å². The zero-order valence-corrected chi connectivity index (χ0v) is 12.6. The number of urea groups is 1. The summed E-state index contributed by atoms with van der Waals surface area (Å²) in [6.07, 6.45) is 0.919. The molecule has 130 valence electrons. The number of hydrogen-bond acceptors (Lipinski definition) is 3. The van der Waals surface area contributed by atoms with E-state index in [9.17, 15) is 23.1 Å². The smallest absolute Gasteiger partial charge is 0.396 e. The molecule has 0 aromatic heterocycles. The van der Waals surface area contributed by atoms with Gasteiger partial charge in [-0.15, -0.1) is 0 Å². The van der Waals surface area contributed by atoms with E-state index in [0.717, 1.165) is 32.1 Å². The topological polar surface area (TPSA) is 70.6 Å². The minimum atomic E-state index is -4.32. The van der Waals surface area contributed by atoms with Crippen LogP contribution in [0.25, 0.3) is 0 Å². The molecule has 1 rings (SSSR count). The lowest BCUT2D eigenvalue weighted by molar-refractivity contribution is -0.173. The highest BCUT2D eigenvalue weighted by Gasteiger charge is 2.27. The van der Waals surface area contributed by atoms with Crippen molar-refractivity contribution in [1.82, 2.24) is 10.6 Å². The van der Waals surface area contributed by atoms with Crippen LogP contribution in [-0.2, 0) is 4.74 Å². The van der Waals surface area contributed by atoms with Crippen LogP contribution in [0.15, 0.2) is 0 Å². The summed E-state index contributed by atoms with van der Waals surface area (Å²) in [4.78, 5) is 11.8. The van der Waals surface area contributed by atoms with Gasteiger partial charge in [-0.1, -0.05) is 19.3 Å². The summed E-state index contributed by atoms with van der Waals surface area (Å²) in [6, 6.07) is -0.393. The molecule has 0 aliphatic heterocycles. The van der Waals surface area contributed by atoms with Gasteiger partial charge in [0, 0.05) is 31.7 Å². The molecule has 2 amide bonds. The van der Waals surface area contributed by atoms with Crippen LogP contribution in [-0.4, -0.2) is 49.7 Å². The predicted molar refractivity (Wildman–Crippen MR) is 75.5 cm³/mol. The van der Waals surface area contributed by atoms with E-state index in [4.69, 9.17) is 0 Å². The lowest BCUT2D eigenvalue weighted by Crippen LogP contribution is -2.46. The first-order chi connectivity index (χ1) is 10.4. The van der Waals surface area contributed by atoms with Crippen molar-refractivity contribution in [1.29, 1.82) is 0 Å². The Morgan fingerprint density at radius 3 is 2.64 bits per heavy atom. The van der Waals surface area contributed by atoms with Crippen LogP contribution in [0.4, 0.5) is 18.0 Å². The Labute approximate surface area is 128 Å². The van der Waals surface area contributed by atoms with Gasteiger partial charge in [-0.2, -0.15) is 13.2 Å². The van der Waals surface area contributed by atoms with Gasteiger partial charge < -0.3 is 20.5 Å². The molecule has 0 aromatic carbocycles. The summed E-state index contributed by atoms with van der Waals surface area (Å²) >= 11 is 0. The zero-order chi connectivity index (χ0) is 16.4. The molecule has 0 aromatic rings. The molecule has 1 saturated carbocycles. The second-order valence-corrected chi connectivity index (χ2v) is 5.61. The first-order valence-corrected chi connectivity index (χ1v) is 7.72. The second kappa shape index (κ2) is 9.89. The van der Waals surface area contributed by atoms with Gasteiger partial charge in [0.05, 0.1) is 0 Å². The molecule has 2 unspecified atom stereocenters. The molecule has 0 bridgehead atoms. The molecule has 5 nitrogen and oxygen atoms in total. The van der Waals surface area contributed by atoms with E-state index in [1.807, 2.05) is 0 Å². The van der Waals surface area contributed by atoms with Crippen molar-refractivity contribution in [3.63, 3.8) is 0 Å². The number of rotatable bonds is 7. The molecule has 0 radical (unpaired) electrons. The quantitative estimate of drug-likeness (QED) is 0.496. The number of aliphatic hydroxyl groups excluding tert-OH is 1. The van der Waals surface area contributed by atoms with Gasteiger partial charge in [0.1, 0.15) is 6.61 Å². The Morgan fingerprint density at radius 1 is 1.23 bits per heavy atom. The molecule has 1 aliphatic rings. The fraction of sp³-hybridized carbons (Fsp3) is 0.929. The van der Waals surface area contributed by atoms with Gasteiger partial charge in [0.2, 0.25) is 0 Å². The van der Waals surface area contributed by atoms with Crippen LogP contribution in [0.5, 0.6) is 0 Å². The third kappa shape index (κ3) is 8.43. The van der Waals surface area contributed by atoms with Crippen LogP contribution in [0, 0.1) is 5.92 Å². The summed E-state index contributed by atoms with van der Waals surface area (Å²) in [5.41, 5.74) is 0. The number of hydrogen-bond donors (Lipinski definition) is 3. The minimum Gasteiger partial charge on any atom is -0.396 e. The number of ether oxygens (including phenoxy) is 1. The fourth-order valence-corrected chi connectivity index (χ4v) is 2.58. The number of carbonyl (C=O) groups excluding carboxylic acids is 1. The number of nitrogens with one attached hydrogen (secondary N) is 2. The Balaban J connectivity index is 2.14. The Kier molecular flexibility index (Phi) is 8.55. The van der Waals surface area contributed by atoms with E-state index < -0.39 is 12.8 Å². The highest BCUT2D eigenvalue weighted by molar-refractivity contribution is 5.74. The standard InChI is InChI=1S/C14H25F3N2O3/c15-14(16,17)10-22-8-4-7-18-13(21)19-12-6-3-1-2-5-11(12)9-20/h11-12,20H,1-10H2,(H2,18,19,21). The lowest BCUT2D eigenvalue weighted by atomic mass is 9.96. The molecule has 1 aliphatic carbocycles. The monoisotopic (exact) mass is 326 g/mol. The first kappa shape index (κ1) is 19.0. The maximum Gasteiger partial charge on any atom is 0.411 e. The molecule has 8 heteroatoms. The molecule has 0 heterocycles. The molecule has 0 saturated heterocycles. The van der Waals surface area contributed by atoms with Gasteiger partial charge in [-0.25, -0.2) is 4.79 Å². The normalized spacial score (nSPS) is 22.9. The Morgan fingerprint density at radius 2 is 1.95 bits per heavy atom. The lowest BCUT2D eigenvalue weighted by Gasteiger charge is -2.24. The third-order valence-corrected chi connectivity index (χ3v) is 3.73. The summed E-state index contributed by atoms with van der Waals surface area (Å²) in [6.45, 7) is -1.02. The number of alkyl halides is 3. The van der Waals surface area contributed by atoms with Gasteiger partial charge >= 0.3 is 12.2 Å². The zero-order valence-electron chi connectivity index (χ0n) is 12.6. The SMILES string of the molecule is O=C(NCCCOCC(F)(F)F)NC1CCCCCC1CO. The number of carbonyl (C=O) groups is 1. The van der Waals surface area contributed by atoms with E-state index >= 15 is 0 Å². The third-order valence-electron chi connectivity index (χ3n) is 3.73. The van der Waals surface area contributed by atoms with E-state index in [1.165, 1.54) is 0 Å². The van der Waals surface area contributed by atoms with Gasteiger partial charge in [-0.05, 0) is 19.3 Å². The number of aliphatic hydroxyl groups is 1. The Bertz CT molecular complexity index is 327. The van der Waals surface area contributed by atoms with Crippen molar-refractivity contribution >= 4 is 6.03 Å². The number of amides is 2. The van der Waals surface area contributed by atoms with E-state index in [0.29, 0.717) is 6.42 Å². The molecular formula is C14H25F3N2O3. The second-order valence-electron chi connectivity index (χ2n) is 5.61. The van der Waals surface area contributed by atoms with Crippen molar-refractivity contribution in [2.45, 2.75) is 50.7 Å². The van der Waals surface area contributed by atoms with Gasteiger partial charge in [0.25, 0.3) is 0 Å². The van der Waals surface area contributed by atoms with Crippen molar-refractivity contribution < 1.29 is 27.8 Å². The number of halogens is 3. The average Bonchev–Trinajstić information content (AvgIpc) is 2.66. The molecule has 0 spiro atoms. The first-order valence-electron chi connectivity index (χ1n) is 7.72. The highest BCUT2D eigenvalue weighted by atomic mass is 19.4. The molecule has 3 N–H and O–H groups in total. The van der Waals surface area contributed by atoms with E-state index in [-0.39, 0.29) is 37.7 Å². The molecule has 22 heavy (non-hydrogen) atoms. The van der Waals surface area contributed by atoms with Crippen LogP contribution < -0.4 is 10.6 Å². The maximum atomic E-state index is 11.8. The van der Waals surface area contributed by atoms with Crippen LogP contribution in [0.1, 0.15) is 38.5 Å². The van der Waals surface area contributed by atoms with Gasteiger partial charge in [-0.3, -0.25) is 0 Å². The minimum absolute atomic E-state index is 0.0472. The van der Waals surface area contributed by atoms with Gasteiger partial charge in [0.15, 0.2) is 0 Å². The average molecular weight is 326 g/mol. The van der Waals surface area contributed by atoms with Crippen molar-refractivity contribution in [3.05, 3.63) is 0 Å². The summed E-state index contributed by atoms with van der Waals surface area (Å²) in [5, 5.41) is 14.8. The van der Waals surface area contributed by atoms with Crippen LogP contribution in [0.2, 0.25) is 0 Å². The van der Waals surface area contributed by atoms with Crippen molar-refractivity contribution in [2.75, 3.05) is 26.4 Å². The summed E-state index contributed by atoms with van der Waals surface area (Å²) in [5.74, 6) is 0.0726. The highest BCUT2D eigenvalue weighted by Crippen LogP contribution is 2.23. The van der Waals surface area contributed by atoms with Crippen molar-refractivity contribution in [2.24, 2.45) is 5.92 Å². The Hall–Kier alpha value is -1.02. The fourth-order valence-electron chi connectivity index (χ4n) is 2.58. The van der Waals surface area contributed by atoms with Crippen LogP contribution in [0.3, 0.4) is 0 Å². The van der Waals surface area contributed by atoms with E-state index in [2.05, 4.69) is 15.4 Å². The summed E-state index contributed by atoms with van der Waals surface area (Å²) in [7, 11) is 0. The molecular weight excluding hydrogens is 301 g/mol.